The third-order valence-corrected chi connectivity index (χ3v) is 3.38. The summed E-state index contributed by atoms with van der Waals surface area (Å²) in [6.07, 6.45) is 0.928. The summed E-state index contributed by atoms with van der Waals surface area (Å²) in [5.41, 5.74) is 0.925. The highest BCUT2D eigenvalue weighted by atomic mass is 32.1. The number of carbonyl (C=O) groups is 1. The minimum Gasteiger partial charge on any atom is -0.480 e. The molecule has 1 aromatic rings. The predicted octanol–water partition coefficient (Wildman–Crippen LogP) is 1.90. The van der Waals surface area contributed by atoms with Crippen LogP contribution in [0.15, 0.2) is 5.38 Å². The summed E-state index contributed by atoms with van der Waals surface area (Å²) in [5, 5.41) is 15.1. The fourth-order valence-electron chi connectivity index (χ4n) is 1.42. The number of aromatic nitrogens is 1. The van der Waals surface area contributed by atoms with E-state index in [-0.39, 0.29) is 5.92 Å². The first-order valence-electron chi connectivity index (χ1n) is 5.44. The van der Waals surface area contributed by atoms with Gasteiger partial charge in [0.25, 0.3) is 0 Å². The largest absolute Gasteiger partial charge is 0.480 e. The summed E-state index contributed by atoms with van der Waals surface area (Å²) in [4.78, 5) is 15.3. The smallest absolute Gasteiger partial charge is 0.320 e. The molecule has 4 nitrogen and oxygen atoms in total. The Balaban J connectivity index is 2.52. The van der Waals surface area contributed by atoms with Gasteiger partial charge in [-0.05, 0) is 12.3 Å². The fourth-order valence-corrected chi connectivity index (χ4v) is 2.16. The Bertz CT molecular complexity index is 350. The monoisotopic (exact) mass is 242 g/mol. The molecule has 2 N–H and O–H groups in total. The molecule has 1 unspecified atom stereocenters. The number of carboxylic acids is 1. The van der Waals surface area contributed by atoms with E-state index < -0.39 is 12.0 Å². The van der Waals surface area contributed by atoms with Crippen LogP contribution in [-0.2, 0) is 17.8 Å². The highest BCUT2D eigenvalue weighted by molar-refractivity contribution is 7.09. The van der Waals surface area contributed by atoms with Crippen molar-refractivity contribution in [2.24, 2.45) is 5.92 Å². The van der Waals surface area contributed by atoms with Crippen molar-refractivity contribution in [3.63, 3.8) is 0 Å². The fraction of sp³-hybridized carbons (Fsp3) is 0.636. The summed E-state index contributed by atoms with van der Waals surface area (Å²) >= 11 is 1.62. The lowest BCUT2D eigenvalue weighted by molar-refractivity contribution is -0.140. The van der Waals surface area contributed by atoms with Crippen LogP contribution in [0.5, 0.6) is 0 Å². The Morgan fingerprint density at radius 1 is 1.62 bits per heavy atom. The van der Waals surface area contributed by atoms with E-state index in [1.54, 1.807) is 11.3 Å². The molecule has 1 heterocycles. The summed E-state index contributed by atoms with van der Waals surface area (Å²) in [5.74, 6) is -0.734. The van der Waals surface area contributed by atoms with Gasteiger partial charge in [-0.15, -0.1) is 11.3 Å². The zero-order valence-electron chi connectivity index (χ0n) is 9.86. The van der Waals surface area contributed by atoms with Crippen molar-refractivity contribution < 1.29 is 9.90 Å². The Labute approximate surface area is 99.7 Å². The van der Waals surface area contributed by atoms with Crippen molar-refractivity contribution in [3.8, 4) is 0 Å². The van der Waals surface area contributed by atoms with Gasteiger partial charge in [0.15, 0.2) is 0 Å². The van der Waals surface area contributed by atoms with Gasteiger partial charge in [0.05, 0.1) is 10.7 Å². The van der Waals surface area contributed by atoms with E-state index in [1.807, 2.05) is 19.2 Å². The first-order chi connectivity index (χ1) is 7.54. The minimum absolute atomic E-state index is 0.0711. The molecule has 1 atom stereocenters. The highest BCUT2D eigenvalue weighted by Gasteiger charge is 2.20. The molecule has 90 valence electrons. The van der Waals surface area contributed by atoms with E-state index in [9.17, 15) is 4.79 Å². The number of hydrogen-bond donors (Lipinski definition) is 2. The van der Waals surface area contributed by atoms with Crippen LogP contribution >= 0.6 is 11.3 Å². The lowest BCUT2D eigenvalue weighted by Crippen LogP contribution is -2.40. The molecule has 1 aromatic heterocycles. The summed E-state index contributed by atoms with van der Waals surface area (Å²) < 4.78 is 0. The molecule has 0 fully saturated rings. The first-order valence-corrected chi connectivity index (χ1v) is 6.32. The van der Waals surface area contributed by atoms with E-state index in [2.05, 4.69) is 17.2 Å². The quantitative estimate of drug-likeness (QED) is 0.800. The van der Waals surface area contributed by atoms with Crippen LogP contribution in [0.25, 0.3) is 0 Å². The highest BCUT2D eigenvalue weighted by Crippen LogP contribution is 2.11. The Kier molecular flexibility index (Phi) is 4.89. The SMILES string of the molecule is CCc1nc(CNC(C(=O)O)C(C)C)cs1. The summed E-state index contributed by atoms with van der Waals surface area (Å²) in [6, 6.07) is -0.508. The number of nitrogens with one attached hydrogen (secondary N) is 1. The number of aliphatic carboxylic acids is 1. The Morgan fingerprint density at radius 2 is 2.31 bits per heavy atom. The number of aryl methyl sites for hydroxylation is 1. The van der Waals surface area contributed by atoms with Crippen LogP contribution in [0.2, 0.25) is 0 Å². The van der Waals surface area contributed by atoms with Crippen LogP contribution in [0.1, 0.15) is 31.5 Å². The van der Waals surface area contributed by atoms with Gasteiger partial charge in [-0.25, -0.2) is 4.98 Å². The molecule has 0 bridgehead atoms. The van der Waals surface area contributed by atoms with Gasteiger partial charge in [0.1, 0.15) is 6.04 Å². The van der Waals surface area contributed by atoms with E-state index in [1.165, 1.54) is 0 Å². The van der Waals surface area contributed by atoms with Crippen molar-refractivity contribution >= 4 is 17.3 Å². The summed E-state index contributed by atoms with van der Waals surface area (Å²) in [7, 11) is 0. The van der Waals surface area contributed by atoms with Crippen LogP contribution in [0.3, 0.4) is 0 Å². The molecular weight excluding hydrogens is 224 g/mol. The van der Waals surface area contributed by atoms with Crippen molar-refractivity contribution in [1.29, 1.82) is 0 Å². The molecule has 0 saturated heterocycles. The van der Waals surface area contributed by atoms with E-state index in [0.29, 0.717) is 6.54 Å². The maximum Gasteiger partial charge on any atom is 0.320 e. The Hall–Kier alpha value is -0.940. The minimum atomic E-state index is -0.805. The molecule has 16 heavy (non-hydrogen) atoms. The average molecular weight is 242 g/mol. The van der Waals surface area contributed by atoms with Crippen LogP contribution in [0.4, 0.5) is 0 Å². The third kappa shape index (κ3) is 3.57. The molecule has 0 aliphatic heterocycles. The van der Waals surface area contributed by atoms with Crippen LogP contribution < -0.4 is 5.32 Å². The van der Waals surface area contributed by atoms with Gasteiger partial charge in [0, 0.05) is 11.9 Å². The van der Waals surface area contributed by atoms with Crippen LogP contribution in [0, 0.1) is 5.92 Å². The molecule has 0 aliphatic carbocycles. The molecule has 5 heteroatoms. The van der Waals surface area contributed by atoms with Gasteiger partial charge in [-0.2, -0.15) is 0 Å². The number of rotatable bonds is 6. The number of carboxylic acid groups (broad SMARTS) is 1. The van der Waals surface area contributed by atoms with E-state index in [0.717, 1.165) is 17.1 Å². The molecule has 0 spiro atoms. The Morgan fingerprint density at radius 3 is 2.75 bits per heavy atom. The normalized spacial score (nSPS) is 13.0. The van der Waals surface area contributed by atoms with Gasteiger partial charge in [-0.3, -0.25) is 10.1 Å². The second-order valence-electron chi connectivity index (χ2n) is 4.03. The topological polar surface area (TPSA) is 62.2 Å². The van der Waals surface area contributed by atoms with Gasteiger partial charge < -0.3 is 5.11 Å². The molecule has 0 saturated carbocycles. The predicted molar refractivity (Wildman–Crippen MR) is 64.6 cm³/mol. The zero-order valence-corrected chi connectivity index (χ0v) is 10.7. The number of nitrogens with zero attached hydrogens (tertiary/aromatic N) is 1. The third-order valence-electron chi connectivity index (χ3n) is 2.34. The van der Waals surface area contributed by atoms with Gasteiger partial charge in [-0.1, -0.05) is 20.8 Å². The summed E-state index contributed by atoms with van der Waals surface area (Å²) in [6.45, 7) is 6.37. The molecule has 0 aliphatic rings. The van der Waals surface area contributed by atoms with Gasteiger partial charge >= 0.3 is 5.97 Å². The maximum atomic E-state index is 10.9. The molecular formula is C11H18N2O2S. The van der Waals surface area contributed by atoms with E-state index in [4.69, 9.17) is 5.11 Å². The van der Waals surface area contributed by atoms with Crippen molar-refractivity contribution in [3.05, 3.63) is 16.1 Å². The average Bonchev–Trinajstić information content (AvgIpc) is 2.65. The number of thiazole rings is 1. The number of hydrogen-bond acceptors (Lipinski definition) is 4. The maximum absolute atomic E-state index is 10.9. The van der Waals surface area contributed by atoms with Crippen LogP contribution in [-0.4, -0.2) is 22.1 Å². The standard InChI is InChI=1S/C11H18N2O2S/c1-4-9-13-8(6-16-9)5-12-10(7(2)3)11(14)15/h6-7,10,12H,4-5H2,1-3H3,(H,14,15). The van der Waals surface area contributed by atoms with Crippen molar-refractivity contribution in [1.82, 2.24) is 10.3 Å². The molecule has 0 radical (unpaired) electrons. The lowest BCUT2D eigenvalue weighted by Gasteiger charge is -2.16. The molecule has 0 aromatic carbocycles. The first kappa shape index (κ1) is 13.1. The zero-order chi connectivity index (χ0) is 12.1. The second-order valence-corrected chi connectivity index (χ2v) is 4.97. The van der Waals surface area contributed by atoms with Crippen molar-refractivity contribution in [2.45, 2.75) is 39.8 Å². The van der Waals surface area contributed by atoms with Gasteiger partial charge in [0.2, 0.25) is 0 Å². The lowest BCUT2D eigenvalue weighted by atomic mass is 10.1. The van der Waals surface area contributed by atoms with E-state index >= 15 is 0 Å². The molecule has 1 rings (SSSR count). The molecule has 0 amide bonds. The van der Waals surface area contributed by atoms with Crippen molar-refractivity contribution in [2.75, 3.05) is 0 Å². The second kappa shape index (κ2) is 5.96.